The minimum atomic E-state index is -0.0528. The highest BCUT2D eigenvalue weighted by molar-refractivity contribution is 9.10. The lowest BCUT2D eigenvalue weighted by molar-refractivity contribution is 0.0954. The second-order valence-corrected chi connectivity index (χ2v) is 5.17. The Morgan fingerprint density at radius 3 is 2.32 bits per heavy atom. The lowest BCUT2D eigenvalue weighted by atomic mass is 10.1. The molecule has 2 aromatic rings. The van der Waals surface area contributed by atoms with E-state index in [1.165, 1.54) is 0 Å². The number of halogens is 1. The van der Waals surface area contributed by atoms with Crippen LogP contribution in [-0.2, 0) is 6.42 Å². The number of amides is 1. The molecule has 0 unspecified atom stereocenters. The zero-order chi connectivity index (χ0) is 13.7. The molecule has 0 aliphatic carbocycles. The number of carbonyl (C=O) groups is 1. The van der Waals surface area contributed by atoms with Crippen molar-refractivity contribution in [2.75, 3.05) is 12.3 Å². The van der Waals surface area contributed by atoms with E-state index in [0.29, 0.717) is 12.1 Å². The zero-order valence-electron chi connectivity index (χ0n) is 10.4. The number of rotatable bonds is 4. The fourth-order valence-electron chi connectivity index (χ4n) is 1.71. The van der Waals surface area contributed by atoms with Crippen LogP contribution in [0.25, 0.3) is 0 Å². The normalized spacial score (nSPS) is 10.2. The molecule has 0 aliphatic heterocycles. The summed E-state index contributed by atoms with van der Waals surface area (Å²) < 4.78 is 0.964. The first-order valence-electron chi connectivity index (χ1n) is 6.03. The highest BCUT2D eigenvalue weighted by atomic mass is 79.9. The third-order valence-electron chi connectivity index (χ3n) is 2.79. The highest BCUT2D eigenvalue weighted by Crippen LogP contribution is 2.10. The van der Waals surface area contributed by atoms with Crippen LogP contribution in [0.15, 0.2) is 53.0 Å². The summed E-state index contributed by atoms with van der Waals surface area (Å²) in [4.78, 5) is 11.9. The first-order valence-corrected chi connectivity index (χ1v) is 6.82. The Bertz CT molecular complexity index is 549. The average molecular weight is 319 g/mol. The Labute approximate surface area is 121 Å². The molecule has 98 valence electrons. The van der Waals surface area contributed by atoms with Gasteiger partial charge in [-0.2, -0.15) is 0 Å². The third kappa shape index (κ3) is 4.10. The topological polar surface area (TPSA) is 55.1 Å². The number of hydrogen-bond acceptors (Lipinski definition) is 2. The third-order valence-corrected chi connectivity index (χ3v) is 3.31. The van der Waals surface area contributed by atoms with Gasteiger partial charge in [0.2, 0.25) is 0 Å². The van der Waals surface area contributed by atoms with E-state index in [0.717, 1.165) is 22.1 Å². The van der Waals surface area contributed by atoms with Crippen LogP contribution in [0.5, 0.6) is 0 Å². The first-order chi connectivity index (χ1) is 9.15. The molecule has 3 N–H and O–H groups in total. The molecule has 0 bridgehead atoms. The van der Waals surface area contributed by atoms with Crippen molar-refractivity contribution in [3.05, 3.63) is 64.1 Å². The van der Waals surface area contributed by atoms with Gasteiger partial charge in [0.15, 0.2) is 0 Å². The van der Waals surface area contributed by atoms with Gasteiger partial charge >= 0.3 is 0 Å². The number of anilines is 1. The van der Waals surface area contributed by atoms with E-state index >= 15 is 0 Å². The van der Waals surface area contributed by atoms with Crippen molar-refractivity contribution >= 4 is 27.5 Å². The lowest BCUT2D eigenvalue weighted by Gasteiger charge is -2.06. The molecule has 0 fully saturated rings. The highest BCUT2D eigenvalue weighted by Gasteiger charge is 2.04. The Balaban J connectivity index is 1.84. The minimum Gasteiger partial charge on any atom is -0.399 e. The smallest absolute Gasteiger partial charge is 0.251 e. The van der Waals surface area contributed by atoms with E-state index in [4.69, 9.17) is 5.73 Å². The molecule has 2 rings (SSSR count). The van der Waals surface area contributed by atoms with Crippen LogP contribution in [-0.4, -0.2) is 12.5 Å². The predicted octanol–water partition coefficient (Wildman–Crippen LogP) is 3.00. The van der Waals surface area contributed by atoms with Gasteiger partial charge in [0.25, 0.3) is 5.91 Å². The quantitative estimate of drug-likeness (QED) is 0.851. The second kappa shape index (κ2) is 6.38. The number of nitrogens with two attached hydrogens (primary N) is 1. The van der Waals surface area contributed by atoms with Crippen LogP contribution in [0.2, 0.25) is 0 Å². The van der Waals surface area contributed by atoms with Gasteiger partial charge in [-0.1, -0.05) is 28.1 Å². The van der Waals surface area contributed by atoms with Crippen LogP contribution >= 0.6 is 15.9 Å². The second-order valence-electron chi connectivity index (χ2n) is 4.25. The van der Waals surface area contributed by atoms with Crippen molar-refractivity contribution < 1.29 is 4.79 Å². The summed E-state index contributed by atoms with van der Waals surface area (Å²) in [5, 5.41) is 2.90. The van der Waals surface area contributed by atoms with Gasteiger partial charge in [0.1, 0.15) is 0 Å². The monoisotopic (exact) mass is 318 g/mol. The maximum Gasteiger partial charge on any atom is 0.251 e. The van der Waals surface area contributed by atoms with Gasteiger partial charge in [-0.05, 0) is 48.4 Å². The predicted molar refractivity (Wildman–Crippen MR) is 81.0 cm³/mol. The first kappa shape index (κ1) is 13.6. The average Bonchev–Trinajstić information content (AvgIpc) is 2.41. The largest absolute Gasteiger partial charge is 0.399 e. The standard InChI is InChI=1S/C15H15BrN2O/c16-13-5-3-12(4-6-13)15(19)18-10-9-11-1-7-14(17)8-2-11/h1-8H,9-10,17H2,(H,18,19). The maximum atomic E-state index is 11.9. The Morgan fingerprint density at radius 1 is 1.05 bits per heavy atom. The summed E-state index contributed by atoms with van der Waals surface area (Å²) in [6.45, 7) is 0.610. The molecule has 0 aliphatic rings. The molecule has 0 atom stereocenters. The Kier molecular flexibility index (Phi) is 4.58. The molecule has 1 amide bonds. The number of nitrogen functional groups attached to an aromatic ring is 1. The summed E-state index contributed by atoms with van der Waals surface area (Å²) in [5.41, 5.74) is 8.20. The molecular weight excluding hydrogens is 304 g/mol. The Hall–Kier alpha value is -1.81. The van der Waals surface area contributed by atoms with Crippen molar-refractivity contribution in [2.45, 2.75) is 6.42 Å². The van der Waals surface area contributed by atoms with Crippen LogP contribution in [0, 0.1) is 0 Å². The zero-order valence-corrected chi connectivity index (χ0v) is 12.0. The van der Waals surface area contributed by atoms with Gasteiger partial charge in [-0.25, -0.2) is 0 Å². The molecule has 0 radical (unpaired) electrons. The van der Waals surface area contributed by atoms with Crippen LogP contribution in [0.1, 0.15) is 15.9 Å². The van der Waals surface area contributed by atoms with Crippen molar-refractivity contribution in [3.63, 3.8) is 0 Å². The number of carbonyl (C=O) groups excluding carboxylic acids is 1. The number of benzene rings is 2. The minimum absolute atomic E-state index is 0.0528. The van der Waals surface area contributed by atoms with Gasteiger partial charge < -0.3 is 11.1 Å². The van der Waals surface area contributed by atoms with Crippen molar-refractivity contribution in [1.82, 2.24) is 5.32 Å². The van der Waals surface area contributed by atoms with E-state index in [2.05, 4.69) is 21.2 Å². The summed E-state index contributed by atoms with van der Waals surface area (Å²) >= 11 is 3.34. The van der Waals surface area contributed by atoms with Crippen molar-refractivity contribution in [1.29, 1.82) is 0 Å². The van der Waals surface area contributed by atoms with Crippen molar-refractivity contribution in [3.8, 4) is 0 Å². The van der Waals surface area contributed by atoms with Crippen molar-refractivity contribution in [2.24, 2.45) is 0 Å². The molecule has 3 nitrogen and oxygen atoms in total. The van der Waals surface area contributed by atoms with Gasteiger partial charge in [0, 0.05) is 22.3 Å². The maximum absolute atomic E-state index is 11.9. The van der Waals surface area contributed by atoms with E-state index < -0.39 is 0 Å². The molecule has 0 heterocycles. The molecule has 4 heteroatoms. The van der Waals surface area contributed by atoms with Gasteiger partial charge in [0.05, 0.1) is 0 Å². The summed E-state index contributed by atoms with van der Waals surface area (Å²) in [5.74, 6) is -0.0528. The lowest BCUT2D eigenvalue weighted by Crippen LogP contribution is -2.25. The molecular formula is C15H15BrN2O. The molecule has 19 heavy (non-hydrogen) atoms. The summed E-state index contributed by atoms with van der Waals surface area (Å²) in [6, 6.07) is 15.0. The van der Waals surface area contributed by atoms with Crippen LogP contribution < -0.4 is 11.1 Å². The van der Waals surface area contributed by atoms with Gasteiger partial charge in [-0.15, -0.1) is 0 Å². The van der Waals surface area contributed by atoms with Crippen LogP contribution in [0.4, 0.5) is 5.69 Å². The van der Waals surface area contributed by atoms with E-state index in [1.807, 2.05) is 36.4 Å². The van der Waals surface area contributed by atoms with Crippen LogP contribution in [0.3, 0.4) is 0 Å². The fourth-order valence-corrected chi connectivity index (χ4v) is 1.97. The Morgan fingerprint density at radius 2 is 1.68 bits per heavy atom. The van der Waals surface area contributed by atoms with Gasteiger partial charge in [-0.3, -0.25) is 4.79 Å². The summed E-state index contributed by atoms with van der Waals surface area (Å²) in [7, 11) is 0. The molecule has 0 spiro atoms. The van der Waals surface area contributed by atoms with E-state index in [1.54, 1.807) is 12.1 Å². The summed E-state index contributed by atoms with van der Waals surface area (Å²) in [6.07, 6.45) is 0.794. The molecule has 0 saturated carbocycles. The molecule has 0 saturated heterocycles. The SMILES string of the molecule is Nc1ccc(CCNC(=O)c2ccc(Br)cc2)cc1. The molecule has 0 aromatic heterocycles. The number of nitrogens with one attached hydrogen (secondary N) is 1. The van der Waals surface area contributed by atoms with E-state index in [-0.39, 0.29) is 5.91 Å². The molecule has 2 aromatic carbocycles. The van der Waals surface area contributed by atoms with E-state index in [9.17, 15) is 4.79 Å². The number of hydrogen-bond donors (Lipinski definition) is 2. The fraction of sp³-hybridized carbons (Fsp3) is 0.133.